The quantitative estimate of drug-likeness (QED) is 0.604. The second-order valence-corrected chi connectivity index (χ2v) is 8.29. The van der Waals surface area contributed by atoms with Gasteiger partial charge in [-0.15, -0.1) is 0 Å². The van der Waals surface area contributed by atoms with Crippen molar-refractivity contribution in [2.45, 2.75) is 38.6 Å². The molecule has 2 amide bonds. The van der Waals surface area contributed by atoms with Crippen LogP contribution < -0.4 is 10.6 Å². The molecule has 0 radical (unpaired) electrons. The highest BCUT2D eigenvalue weighted by molar-refractivity contribution is 9.10. The highest BCUT2D eigenvalue weighted by Crippen LogP contribution is 2.24. The number of benzene rings is 2. The van der Waals surface area contributed by atoms with Crippen molar-refractivity contribution >= 4 is 33.7 Å². The van der Waals surface area contributed by atoms with Gasteiger partial charge in [0.15, 0.2) is 6.61 Å². The molecule has 6 nitrogen and oxygen atoms in total. The summed E-state index contributed by atoms with van der Waals surface area (Å²) in [4.78, 5) is 36.0. The number of ether oxygens (including phenoxy) is 1. The maximum atomic E-state index is 12.1. The van der Waals surface area contributed by atoms with Gasteiger partial charge < -0.3 is 15.4 Å². The Bertz CT molecular complexity index is 927. The van der Waals surface area contributed by atoms with Gasteiger partial charge in [-0.05, 0) is 73.6 Å². The molecule has 2 aromatic rings. The molecule has 0 heterocycles. The first-order valence-electron chi connectivity index (χ1n) is 10.0. The number of hydrogen-bond acceptors (Lipinski definition) is 4. The van der Waals surface area contributed by atoms with Crippen LogP contribution in [-0.4, -0.2) is 30.9 Å². The molecule has 0 spiro atoms. The van der Waals surface area contributed by atoms with Crippen molar-refractivity contribution in [2.75, 3.05) is 13.2 Å². The third-order valence-corrected chi connectivity index (χ3v) is 5.64. The number of halogens is 1. The first kappa shape index (κ1) is 22.0. The maximum Gasteiger partial charge on any atom is 0.325 e. The lowest BCUT2D eigenvalue weighted by atomic mass is 9.89. The molecule has 1 unspecified atom stereocenters. The Morgan fingerprint density at radius 3 is 2.47 bits per heavy atom. The second-order valence-electron chi connectivity index (χ2n) is 7.37. The zero-order valence-corrected chi connectivity index (χ0v) is 18.5. The zero-order chi connectivity index (χ0) is 21.5. The smallest absolute Gasteiger partial charge is 0.325 e. The number of hydrogen-bond donors (Lipinski definition) is 2. The molecule has 0 aromatic heterocycles. The average Bonchev–Trinajstić information content (AvgIpc) is 2.76. The largest absolute Gasteiger partial charge is 0.454 e. The van der Waals surface area contributed by atoms with E-state index >= 15 is 0 Å². The SMILES string of the molecule is CC(NC(=O)COC(=O)CNC(=O)c1ccc(Br)cc1)c1ccc2c(c1)CCCC2. The monoisotopic (exact) mass is 472 g/mol. The summed E-state index contributed by atoms with van der Waals surface area (Å²) < 4.78 is 5.82. The number of fused-ring (bicyclic) bond motifs is 1. The summed E-state index contributed by atoms with van der Waals surface area (Å²) in [6.45, 7) is 1.22. The van der Waals surface area contributed by atoms with E-state index in [-0.39, 0.29) is 31.0 Å². The van der Waals surface area contributed by atoms with Crippen molar-refractivity contribution in [2.24, 2.45) is 0 Å². The highest BCUT2D eigenvalue weighted by Gasteiger charge is 2.15. The van der Waals surface area contributed by atoms with Crippen LogP contribution in [0.4, 0.5) is 0 Å². The minimum absolute atomic E-state index is 0.180. The van der Waals surface area contributed by atoms with Crippen molar-refractivity contribution in [1.29, 1.82) is 0 Å². The van der Waals surface area contributed by atoms with E-state index in [1.54, 1.807) is 24.3 Å². The van der Waals surface area contributed by atoms with Crippen LogP contribution >= 0.6 is 15.9 Å². The van der Waals surface area contributed by atoms with Crippen molar-refractivity contribution in [3.05, 3.63) is 69.2 Å². The summed E-state index contributed by atoms with van der Waals surface area (Å²) in [5, 5.41) is 5.32. The normalized spacial score (nSPS) is 13.7. The van der Waals surface area contributed by atoms with Gasteiger partial charge in [0.25, 0.3) is 11.8 Å². The lowest BCUT2D eigenvalue weighted by molar-refractivity contribution is -0.147. The molecule has 30 heavy (non-hydrogen) atoms. The summed E-state index contributed by atoms with van der Waals surface area (Å²) in [5.74, 6) is -1.44. The van der Waals surface area contributed by atoms with Crippen molar-refractivity contribution in [3.63, 3.8) is 0 Å². The summed E-state index contributed by atoms with van der Waals surface area (Å²) in [5.41, 5.74) is 4.22. The Morgan fingerprint density at radius 1 is 1.03 bits per heavy atom. The summed E-state index contributed by atoms with van der Waals surface area (Å²) in [6, 6.07) is 12.9. The van der Waals surface area contributed by atoms with E-state index < -0.39 is 5.97 Å². The summed E-state index contributed by atoms with van der Waals surface area (Å²) in [6.07, 6.45) is 4.62. The molecule has 2 aromatic carbocycles. The van der Waals surface area contributed by atoms with Gasteiger partial charge in [-0.3, -0.25) is 14.4 Å². The number of nitrogens with one attached hydrogen (secondary N) is 2. The van der Waals surface area contributed by atoms with Crippen LogP contribution in [0.15, 0.2) is 46.9 Å². The second kappa shape index (κ2) is 10.4. The van der Waals surface area contributed by atoms with Crippen LogP contribution in [0.3, 0.4) is 0 Å². The van der Waals surface area contributed by atoms with Gasteiger partial charge in [0, 0.05) is 10.0 Å². The van der Waals surface area contributed by atoms with E-state index in [0.717, 1.165) is 22.9 Å². The molecule has 1 aliphatic rings. The van der Waals surface area contributed by atoms with Crippen LogP contribution in [0.2, 0.25) is 0 Å². The summed E-state index contributed by atoms with van der Waals surface area (Å²) >= 11 is 3.29. The Hall–Kier alpha value is -2.67. The predicted octanol–water partition coefficient (Wildman–Crippen LogP) is 3.48. The summed E-state index contributed by atoms with van der Waals surface area (Å²) in [7, 11) is 0. The van der Waals surface area contributed by atoms with Gasteiger partial charge in [-0.1, -0.05) is 34.1 Å². The van der Waals surface area contributed by atoms with Crippen molar-refractivity contribution in [3.8, 4) is 0 Å². The molecule has 0 saturated carbocycles. The third-order valence-electron chi connectivity index (χ3n) is 5.11. The van der Waals surface area contributed by atoms with Crippen molar-refractivity contribution < 1.29 is 19.1 Å². The number of carbonyl (C=O) groups excluding carboxylic acids is 3. The molecule has 0 bridgehead atoms. The van der Waals surface area contributed by atoms with E-state index in [2.05, 4.69) is 38.7 Å². The number of aryl methyl sites for hydroxylation is 2. The van der Waals surface area contributed by atoms with E-state index in [4.69, 9.17) is 4.74 Å². The first-order valence-corrected chi connectivity index (χ1v) is 10.8. The Kier molecular flexibility index (Phi) is 7.63. The van der Waals surface area contributed by atoms with Crippen LogP contribution in [0, 0.1) is 0 Å². The van der Waals surface area contributed by atoms with Crippen LogP contribution in [0.25, 0.3) is 0 Å². The molecule has 2 N–H and O–H groups in total. The molecule has 1 atom stereocenters. The Balaban J connectivity index is 1.41. The number of rotatable bonds is 7. The fourth-order valence-corrected chi connectivity index (χ4v) is 3.71. The van der Waals surface area contributed by atoms with Gasteiger partial charge in [0.1, 0.15) is 6.54 Å². The maximum absolute atomic E-state index is 12.1. The molecule has 0 fully saturated rings. The van der Waals surface area contributed by atoms with E-state index in [0.29, 0.717) is 5.56 Å². The number of carbonyl (C=O) groups is 3. The number of esters is 1. The fourth-order valence-electron chi connectivity index (χ4n) is 3.44. The van der Waals surface area contributed by atoms with Gasteiger partial charge in [0.05, 0.1) is 6.04 Å². The molecule has 0 saturated heterocycles. The van der Waals surface area contributed by atoms with E-state index in [1.807, 2.05) is 13.0 Å². The molecule has 3 rings (SSSR count). The fraction of sp³-hybridized carbons (Fsp3) is 0.348. The van der Waals surface area contributed by atoms with Crippen LogP contribution in [0.5, 0.6) is 0 Å². The van der Waals surface area contributed by atoms with Crippen molar-refractivity contribution in [1.82, 2.24) is 10.6 Å². The van der Waals surface area contributed by atoms with Gasteiger partial charge in [-0.25, -0.2) is 0 Å². The molecule has 158 valence electrons. The Labute approximate surface area is 184 Å². The van der Waals surface area contributed by atoms with Crippen LogP contribution in [0.1, 0.15) is 52.9 Å². The highest BCUT2D eigenvalue weighted by atomic mass is 79.9. The van der Waals surface area contributed by atoms with Gasteiger partial charge in [0.2, 0.25) is 0 Å². The lowest BCUT2D eigenvalue weighted by Crippen LogP contribution is -2.34. The minimum atomic E-state index is -0.669. The predicted molar refractivity (Wildman–Crippen MR) is 117 cm³/mol. The minimum Gasteiger partial charge on any atom is -0.454 e. The topological polar surface area (TPSA) is 84.5 Å². The van der Waals surface area contributed by atoms with Gasteiger partial charge in [-0.2, -0.15) is 0 Å². The van der Waals surface area contributed by atoms with Crippen LogP contribution in [-0.2, 0) is 27.2 Å². The van der Waals surface area contributed by atoms with E-state index in [1.165, 1.54) is 24.0 Å². The zero-order valence-electron chi connectivity index (χ0n) is 16.9. The third kappa shape index (κ3) is 6.16. The Morgan fingerprint density at radius 2 is 1.73 bits per heavy atom. The number of amides is 2. The molecule has 0 aliphatic heterocycles. The lowest BCUT2D eigenvalue weighted by Gasteiger charge is -2.20. The standard InChI is InChI=1S/C23H25BrN2O4/c1-15(18-7-6-16-4-2-3-5-19(16)12-18)26-21(27)14-30-22(28)13-25-23(29)17-8-10-20(24)11-9-17/h6-12,15H,2-5,13-14H2,1H3,(H,25,29)(H,26,27). The molecule has 7 heteroatoms. The molecular formula is C23H25BrN2O4. The average molecular weight is 473 g/mol. The molecular weight excluding hydrogens is 448 g/mol. The molecule has 1 aliphatic carbocycles. The van der Waals surface area contributed by atoms with E-state index in [9.17, 15) is 14.4 Å². The first-order chi connectivity index (χ1) is 14.4. The van der Waals surface area contributed by atoms with Gasteiger partial charge >= 0.3 is 5.97 Å².